The molecule has 31 heavy (non-hydrogen) atoms. The Hall–Kier alpha value is -3.38. The zero-order valence-corrected chi connectivity index (χ0v) is 18.5. The summed E-state index contributed by atoms with van der Waals surface area (Å²) in [7, 11) is 0. The van der Waals surface area contributed by atoms with Crippen molar-refractivity contribution in [3.05, 3.63) is 119 Å². The van der Waals surface area contributed by atoms with Gasteiger partial charge in [-0.1, -0.05) is 92.7 Å². The molecule has 0 aliphatic rings. The first-order chi connectivity index (χ1) is 15.1. The van der Waals surface area contributed by atoms with Crippen molar-refractivity contribution in [3.8, 4) is 11.1 Å². The maximum absolute atomic E-state index is 2.34. The SMILES string of the molecule is Cc1cc(-c2ccc3cc4ccccc4cc3c2)ccc1Cc1ccccc1C(C)C. The van der Waals surface area contributed by atoms with Crippen LogP contribution in [0, 0.1) is 6.92 Å². The molecule has 0 heterocycles. The molecule has 5 rings (SSSR count). The molecule has 0 radical (unpaired) electrons. The van der Waals surface area contributed by atoms with Crippen LogP contribution >= 0.6 is 0 Å². The number of hydrogen-bond donors (Lipinski definition) is 0. The van der Waals surface area contributed by atoms with E-state index in [0.29, 0.717) is 5.92 Å². The van der Waals surface area contributed by atoms with Gasteiger partial charge in [-0.05, 0) is 92.4 Å². The van der Waals surface area contributed by atoms with E-state index in [2.05, 4.69) is 118 Å². The van der Waals surface area contributed by atoms with Crippen molar-refractivity contribution in [3.63, 3.8) is 0 Å². The van der Waals surface area contributed by atoms with Gasteiger partial charge in [0.2, 0.25) is 0 Å². The Morgan fingerprint density at radius 1 is 0.548 bits per heavy atom. The molecule has 5 aromatic rings. The molecular weight excluding hydrogens is 372 g/mol. The van der Waals surface area contributed by atoms with Crippen molar-refractivity contribution < 1.29 is 0 Å². The zero-order chi connectivity index (χ0) is 21.4. The van der Waals surface area contributed by atoms with Crippen molar-refractivity contribution in [1.82, 2.24) is 0 Å². The maximum Gasteiger partial charge on any atom is -0.00203 e. The third-order valence-corrected chi connectivity index (χ3v) is 6.44. The van der Waals surface area contributed by atoms with E-state index in [1.54, 1.807) is 0 Å². The first-order valence-corrected chi connectivity index (χ1v) is 11.2. The highest BCUT2D eigenvalue weighted by molar-refractivity contribution is 5.99. The quantitative estimate of drug-likeness (QED) is 0.265. The Kier molecular flexibility index (Phi) is 5.08. The minimum atomic E-state index is 0.546. The molecule has 0 heteroatoms. The Bertz CT molecular complexity index is 1390. The fourth-order valence-corrected chi connectivity index (χ4v) is 4.66. The molecule has 0 aliphatic heterocycles. The summed E-state index contributed by atoms with van der Waals surface area (Å²) in [6.45, 7) is 6.79. The van der Waals surface area contributed by atoms with Crippen molar-refractivity contribution in [2.75, 3.05) is 0 Å². The Morgan fingerprint density at radius 2 is 1.16 bits per heavy atom. The molecule has 0 aliphatic carbocycles. The first-order valence-electron chi connectivity index (χ1n) is 11.2. The van der Waals surface area contributed by atoms with Crippen LogP contribution in [0.25, 0.3) is 32.7 Å². The average molecular weight is 401 g/mol. The molecule has 5 aromatic carbocycles. The van der Waals surface area contributed by atoms with E-state index in [1.165, 1.54) is 54.9 Å². The first kappa shape index (κ1) is 19.6. The Balaban J connectivity index is 1.49. The van der Waals surface area contributed by atoms with Gasteiger partial charge in [0.1, 0.15) is 0 Å². The average Bonchev–Trinajstić information content (AvgIpc) is 2.79. The minimum Gasteiger partial charge on any atom is -0.0620 e. The molecule has 0 fully saturated rings. The molecule has 152 valence electrons. The van der Waals surface area contributed by atoms with Crippen molar-refractivity contribution >= 4 is 21.5 Å². The summed E-state index contributed by atoms with van der Waals surface area (Å²) in [6, 6.07) is 35.8. The van der Waals surface area contributed by atoms with E-state index in [1.807, 2.05) is 0 Å². The van der Waals surface area contributed by atoms with Crippen LogP contribution in [0.1, 0.15) is 42.0 Å². The molecule has 0 spiro atoms. The van der Waals surface area contributed by atoms with Crippen LogP contribution in [0.4, 0.5) is 0 Å². The van der Waals surface area contributed by atoms with Crippen LogP contribution in [0.5, 0.6) is 0 Å². The second kappa shape index (κ2) is 8.04. The highest BCUT2D eigenvalue weighted by atomic mass is 14.1. The van der Waals surface area contributed by atoms with Crippen LogP contribution in [-0.2, 0) is 6.42 Å². The summed E-state index contributed by atoms with van der Waals surface area (Å²) in [6.07, 6.45) is 0.990. The molecule has 0 amide bonds. The van der Waals surface area contributed by atoms with E-state index in [0.717, 1.165) is 6.42 Å². The lowest BCUT2D eigenvalue weighted by molar-refractivity contribution is 0.848. The third-order valence-electron chi connectivity index (χ3n) is 6.44. The lowest BCUT2D eigenvalue weighted by Crippen LogP contribution is -1.99. The molecule has 0 unspecified atom stereocenters. The van der Waals surface area contributed by atoms with Gasteiger partial charge in [-0.2, -0.15) is 0 Å². The number of rotatable bonds is 4. The Morgan fingerprint density at radius 3 is 1.90 bits per heavy atom. The molecule has 0 saturated heterocycles. The highest BCUT2D eigenvalue weighted by Crippen LogP contribution is 2.30. The van der Waals surface area contributed by atoms with Gasteiger partial charge >= 0.3 is 0 Å². The largest absolute Gasteiger partial charge is 0.0620 e. The number of hydrogen-bond acceptors (Lipinski definition) is 0. The normalized spacial score (nSPS) is 11.5. The topological polar surface area (TPSA) is 0 Å². The van der Waals surface area contributed by atoms with Gasteiger partial charge in [0.15, 0.2) is 0 Å². The third kappa shape index (κ3) is 3.86. The van der Waals surface area contributed by atoms with Crippen LogP contribution in [-0.4, -0.2) is 0 Å². The molecule has 0 aromatic heterocycles. The molecular formula is C31H28. The zero-order valence-electron chi connectivity index (χ0n) is 18.5. The van der Waals surface area contributed by atoms with Crippen LogP contribution in [0.15, 0.2) is 97.1 Å². The molecule has 0 N–H and O–H groups in total. The van der Waals surface area contributed by atoms with Gasteiger partial charge < -0.3 is 0 Å². The molecule has 0 atom stereocenters. The Labute approximate surface area is 185 Å². The van der Waals surface area contributed by atoms with E-state index >= 15 is 0 Å². The number of benzene rings is 5. The van der Waals surface area contributed by atoms with Crippen LogP contribution in [0.3, 0.4) is 0 Å². The van der Waals surface area contributed by atoms with Gasteiger partial charge in [-0.3, -0.25) is 0 Å². The summed E-state index contributed by atoms with van der Waals surface area (Å²) in [5, 5.41) is 5.18. The summed E-state index contributed by atoms with van der Waals surface area (Å²) in [5.41, 5.74) is 8.21. The van der Waals surface area contributed by atoms with E-state index in [-0.39, 0.29) is 0 Å². The van der Waals surface area contributed by atoms with Crippen LogP contribution < -0.4 is 0 Å². The summed E-state index contributed by atoms with van der Waals surface area (Å²) in [4.78, 5) is 0. The smallest absolute Gasteiger partial charge is 0.00203 e. The van der Waals surface area contributed by atoms with Gasteiger partial charge in [0.25, 0.3) is 0 Å². The van der Waals surface area contributed by atoms with Crippen molar-refractivity contribution in [2.45, 2.75) is 33.1 Å². The summed E-state index contributed by atoms with van der Waals surface area (Å²) < 4.78 is 0. The van der Waals surface area contributed by atoms with Crippen LogP contribution in [0.2, 0.25) is 0 Å². The lowest BCUT2D eigenvalue weighted by atomic mass is 9.90. The molecule has 0 bridgehead atoms. The van der Waals surface area contributed by atoms with E-state index in [9.17, 15) is 0 Å². The second-order valence-corrected chi connectivity index (χ2v) is 8.93. The van der Waals surface area contributed by atoms with E-state index < -0.39 is 0 Å². The van der Waals surface area contributed by atoms with Gasteiger partial charge in [-0.25, -0.2) is 0 Å². The summed E-state index contributed by atoms with van der Waals surface area (Å²) >= 11 is 0. The summed E-state index contributed by atoms with van der Waals surface area (Å²) in [5.74, 6) is 0.546. The molecule has 0 nitrogen and oxygen atoms in total. The fourth-order valence-electron chi connectivity index (χ4n) is 4.66. The van der Waals surface area contributed by atoms with Crippen molar-refractivity contribution in [1.29, 1.82) is 0 Å². The predicted molar refractivity (Wildman–Crippen MR) is 135 cm³/mol. The monoisotopic (exact) mass is 400 g/mol. The predicted octanol–water partition coefficient (Wildman–Crippen LogP) is 8.68. The number of aryl methyl sites for hydroxylation is 1. The van der Waals surface area contributed by atoms with Gasteiger partial charge in [-0.15, -0.1) is 0 Å². The molecule has 0 saturated carbocycles. The fraction of sp³-hybridized carbons (Fsp3) is 0.161. The minimum absolute atomic E-state index is 0.546. The van der Waals surface area contributed by atoms with Gasteiger partial charge in [0, 0.05) is 0 Å². The second-order valence-electron chi connectivity index (χ2n) is 8.93. The van der Waals surface area contributed by atoms with Gasteiger partial charge in [0.05, 0.1) is 0 Å². The lowest BCUT2D eigenvalue weighted by Gasteiger charge is -2.15. The number of fused-ring (bicyclic) bond motifs is 2. The maximum atomic E-state index is 2.34. The standard InChI is InChI=1S/C31H28/c1-21(2)31-11-7-6-10-29(31)17-23-12-13-26(16-22(23)3)27-14-15-28-18-24-8-4-5-9-25(24)19-30(28)20-27/h4-16,18-21H,17H2,1-3H3. The highest BCUT2D eigenvalue weighted by Gasteiger charge is 2.09. The van der Waals surface area contributed by atoms with E-state index in [4.69, 9.17) is 0 Å². The van der Waals surface area contributed by atoms with Crippen molar-refractivity contribution in [2.24, 2.45) is 0 Å².